The van der Waals surface area contributed by atoms with Crippen LogP contribution in [0.1, 0.15) is 97.3 Å². The molecule has 4 amide bonds. The first kappa shape index (κ1) is 56.6. The SMILES string of the molecule is CC(=O)ON(OC(C)=O)C(CCC(=O)NC(CC(=O)NCCCCCCCCCCC(=O)NC(CS)C(=O)O)C(=O)CCOCCOCCOCCOCCNC=O)C(=O)O. The molecule has 0 aliphatic rings. The third kappa shape index (κ3) is 33.0. The number of carbonyl (C=O) groups is 9. The van der Waals surface area contributed by atoms with Crippen molar-refractivity contribution >= 4 is 66.4 Å². The summed E-state index contributed by atoms with van der Waals surface area (Å²) in [7, 11) is 0. The van der Waals surface area contributed by atoms with E-state index in [4.69, 9.17) is 24.1 Å². The number of thiol groups is 1. The Labute approximate surface area is 361 Å². The molecule has 0 aliphatic carbocycles. The number of amides is 4. The van der Waals surface area contributed by atoms with E-state index in [-0.39, 0.29) is 49.5 Å². The number of hydrogen-bond acceptors (Lipinski definition) is 17. The second-order valence-corrected chi connectivity index (χ2v) is 13.8. The number of carboxylic acid groups (broad SMARTS) is 2. The molecule has 23 heteroatoms. The number of hydroxylamine groups is 2. The molecular formula is C38H65N5O17S. The molecule has 61 heavy (non-hydrogen) atoms. The van der Waals surface area contributed by atoms with Crippen molar-refractivity contribution in [3.63, 3.8) is 0 Å². The average molecular weight is 896 g/mol. The van der Waals surface area contributed by atoms with E-state index in [1.165, 1.54) is 0 Å². The Bertz CT molecular complexity index is 1310. The highest BCUT2D eigenvalue weighted by Gasteiger charge is 2.33. The average Bonchev–Trinajstić information content (AvgIpc) is 3.19. The maximum absolute atomic E-state index is 13.2. The summed E-state index contributed by atoms with van der Waals surface area (Å²) >= 11 is 3.92. The van der Waals surface area contributed by atoms with Gasteiger partial charge in [0.05, 0.1) is 65.3 Å². The summed E-state index contributed by atoms with van der Waals surface area (Å²) in [6.07, 6.45) is 5.99. The summed E-state index contributed by atoms with van der Waals surface area (Å²) in [4.78, 5) is 116. The number of carbonyl (C=O) groups excluding carboxylic acids is 7. The highest BCUT2D eigenvalue weighted by molar-refractivity contribution is 7.80. The number of nitrogens with one attached hydrogen (secondary N) is 4. The molecule has 0 fully saturated rings. The molecule has 0 heterocycles. The summed E-state index contributed by atoms with van der Waals surface area (Å²) < 4.78 is 21.5. The van der Waals surface area contributed by atoms with Gasteiger partial charge in [-0.2, -0.15) is 12.6 Å². The summed E-state index contributed by atoms with van der Waals surface area (Å²) in [5, 5.41) is 29.0. The van der Waals surface area contributed by atoms with E-state index in [0.717, 1.165) is 52.4 Å². The Morgan fingerprint density at radius 1 is 0.590 bits per heavy atom. The van der Waals surface area contributed by atoms with E-state index in [1.807, 2.05) is 0 Å². The normalized spacial score (nSPS) is 12.4. The van der Waals surface area contributed by atoms with Gasteiger partial charge < -0.3 is 60.1 Å². The zero-order valence-electron chi connectivity index (χ0n) is 35.2. The number of Topliss-reactive ketones (excluding diaryl/α,β-unsaturated/α-hetero) is 1. The Kier molecular flexibility index (Phi) is 34.6. The van der Waals surface area contributed by atoms with Gasteiger partial charge in [-0.3, -0.25) is 38.4 Å². The molecule has 3 unspecified atom stereocenters. The van der Waals surface area contributed by atoms with Gasteiger partial charge in [-0.15, -0.1) is 0 Å². The molecule has 0 saturated heterocycles. The van der Waals surface area contributed by atoms with Gasteiger partial charge in [-0.1, -0.05) is 38.5 Å². The van der Waals surface area contributed by atoms with Crippen LogP contribution < -0.4 is 21.3 Å². The minimum Gasteiger partial charge on any atom is -0.480 e. The molecule has 350 valence electrons. The number of hydrogen-bond donors (Lipinski definition) is 7. The fourth-order valence-corrected chi connectivity index (χ4v) is 5.45. The van der Waals surface area contributed by atoms with Crippen LogP contribution in [0.2, 0.25) is 0 Å². The largest absolute Gasteiger partial charge is 0.480 e. The molecule has 0 radical (unpaired) electrons. The predicted molar refractivity (Wildman–Crippen MR) is 218 cm³/mol. The molecule has 0 spiro atoms. The highest BCUT2D eigenvalue weighted by Crippen LogP contribution is 2.12. The Balaban J connectivity index is 4.84. The van der Waals surface area contributed by atoms with Crippen LogP contribution in [0.25, 0.3) is 0 Å². The van der Waals surface area contributed by atoms with Crippen molar-refractivity contribution in [2.75, 3.05) is 71.7 Å². The van der Waals surface area contributed by atoms with Gasteiger partial charge in [-0.25, -0.2) is 4.79 Å². The van der Waals surface area contributed by atoms with Crippen LogP contribution in [0.15, 0.2) is 0 Å². The van der Waals surface area contributed by atoms with Gasteiger partial charge in [0.1, 0.15) is 6.04 Å². The maximum Gasteiger partial charge on any atom is 0.328 e. The van der Waals surface area contributed by atoms with E-state index in [2.05, 4.69) is 43.6 Å². The standard InChI is InChI=1S/C38H65N5O17S/c1-28(45)59-43(60-29(2)46)32(38(53)54)12-13-35(49)41-30(33(47)14-17-55-19-21-57-23-24-58-22-20-56-18-16-39-27-44)25-36(50)40-15-10-8-6-4-3-5-7-9-11-34(48)42-31(26-61)37(51)52/h27,30-32,61H,3-26H2,1-2H3,(H,39,44)(H,40,50)(H,41,49)(H,42,48)(H,51,52)(H,53,54). The lowest BCUT2D eigenvalue weighted by atomic mass is 10.0. The Morgan fingerprint density at radius 2 is 1.08 bits per heavy atom. The second-order valence-electron chi connectivity index (χ2n) is 13.5. The molecule has 0 aromatic heterocycles. The van der Waals surface area contributed by atoms with Crippen molar-refractivity contribution in [2.45, 2.75) is 115 Å². The zero-order valence-corrected chi connectivity index (χ0v) is 36.1. The quantitative estimate of drug-likeness (QED) is 0.0187. The van der Waals surface area contributed by atoms with Crippen LogP contribution in [-0.4, -0.2) is 159 Å². The maximum atomic E-state index is 13.2. The number of unbranched alkanes of at least 4 members (excludes halogenated alkanes) is 7. The second kappa shape index (κ2) is 37.4. The Hall–Kier alpha value is -4.42. The zero-order chi connectivity index (χ0) is 45.7. The van der Waals surface area contributed by atoms with Crippen LogP contribution in [-0.2, 0) is 71.8 Å². The molecule has 3 atom stereocenters. The van der Waals surface area contributed by atoms with Gasteiger partial charge in [0.25, 0.3) is 0 Å². The van der Waals surface area contributed by atoms with Gasteiger partial charge in [0.2, 0.25) is 24.1 Å². The fourth-order valence-electron chi connectivity index (χ4n) is 5.21. The van der Waals surface area contributed by atoms with Gasteiger partial charge in [0.15, 0.2) is 11.8 Å². The third-order valence-corrected chi connectivity index (χ3v) is 8.65. The van der Waals surface area contributed by atoms with Crippen LogP contribution in [0.5, 0.6) is 0 Å². The molecule has 22 nitrogen and oxygen atoms in total. The lowest BCUT2D eigenvalue weighted by Gasteiger charge is -2.24. The van der Waals surface area contributed by atoms with Crippen LogP contribution in [0.3, 0.4) is 0 Å². The van der Waals surface area contributed by atoms with E-state index in [9.17, 15) is 48.3 Å². The summed E-state index contributed by atoms with van der Waals surface area (Å²) in [5.41, 5.74) is 0. The topological polar surface area (TPSA) is 301 Å². The molecule has 0 saturated carbocycles. The lowest BCUT2D eigenvalue weighted by Crippen LogP contribution is -2.46. The van der Waals surface area contributed by atoms with Gasteiger partial charge >= 0.3 is 23.9 Å². The van der Waals surface area contributed by atoms with Crippen molar-refractivity contribution in [3.05, 3.63) is 0 Å². The van der Waals surface area contributed by atoms with Crippen molar-refractivity contribution in [3.8, 4) is 0 Å². The summed E-state index contributed by atoms with van der Waals surface area (Å²) in [5.74, 6) is -6.75. The predicted octanol–water partition coefficient (Wildman–Crippen LogP) is 0.251. The third-order valence-electron chi connectivity index (χ3n) is 8.29. The number of nitrogens with zero attached hydrogens (tertiary/aromatic N) is 1. The van der Waals surface area contributed by atoms with E-state index in [0.29, 0.717) is 65.4 Å². The molecule has 0 aromatic carbocycles. The molecular weight excluding hydrogens is 831 g/mol. The van der Waals surface area contributed by atoms with E-state index >= 15 is 0 Å². The number of aliphatic carboxylic acids is 2. The van der Waals surface area contributed by atoms with Crippen molar-refractivity contribution in [1.29, 1.82) is 0 Å². The van der Waals surface area contributed by atoms with Crippen molar-refractivity contribution in [2.24, 2.45) is 0 Å². The minimum absolute atomic E-state index is 0.0149. The number of carboxylic acids is 2. The minimum atomic E-state index is -1.76. The summed E-state index contributed by atoms with van der Waals surface area (Å²) in [6, 6.07) is -4.04. The first-order valence-electron chi connectivity index (χ1n) is 20.3. The molecule has 0 bridgehead atoms. The van der Waals surface area contributed by atoms with Gasteiger partial charge in [-0.05, 0) is 19.3 Å². The molecule has 0 rings (SSSR count). The van der Waals surface area contributed by atoms with Crippen molar-refractivity contribution < 1.29 is 82.0 Å². The fraction of sp³-hybridized carbons (Fsp3) is 0.763. The first-order chi connectivity index (χ1) is 29.2. The first-order valence-corrected chi connectivity index (χ1v) is 20.9. The van der Waals surface area contributed by atoms with E-state index in [1.54, 1.807) is 0 Å². The lowest BCUT2D eigenvalue weighted by molar-refractivity contribution is -0.339. The number of ketones is 1. The van der Waals surface area contributed by atoms with Gasteiger partial charge in [0, 0.05) is 57.2 Å². The molecule has 0 aliphatic heterocycles. The number of ether oxygens (including phenoxy) is 4. The van der Waals surface area contributed by atoms with Crippen LogP contribution >= 0.6 is 12.6 Å². The molecule has 6 N–H and O–H groups in total. The van der Waals surface area contributed by atoms with Crippen molar-refractivity contribution in [1.82, 2.24) is 26.5 Å². The highest BCUT2D eigenvalue weighted by atomic mass is 32.1. The molecule has 0 aromatic rings. The number of rotatable bonds is 41. The summed E-state index contributed by atoms with van der Waals surface area (Å²) in [6.45, 7) is 4.69. The smallest absolute Gasteiger partial charge is 0.328 e. The monoisotopic (exact) mass is 895 g/mol. The van der Waals surface area contributed by atoms with Crippen LogP contribution in [0.4, 0.5) is 0 Å². The van der Waals surface area contributed by atoms with Crippen LogP contribution in [0, 0.1) is 0 Å². The van der Waals surface area contributed by atoms with E-state index < -0.39 is 78.9 Å². The Morgan fingerprint density at radius 3 is 1.59 bits per heavy atom.